The van der Waals surface area contributed by atoms with Gasteiger partial charge < -0.3 is 15.8 Å². The van der Waals surface area contributed by atoms with Crippen LogP contribution in [0.4, 0.5) is 5.69 Å². The summed E-state index contributed by atoms with van der Waals surface area (Å²) in [6.45, 7) is 4.44. The summed E-state index contributed by atoms with van der Waals surface area (Å²) < 4.78 is 5.34. The molecule has 1 aromatic rings. The first-order chi connectivity index (χ1) is 9.27. The predicted molar refractivity (Wildman–Crippen MR) is 80.9 cm³/mol. The third-order valence-corrected chi connectivity index (χ3v) is 4.10. The van der Waals surface area contributed by atoms with E-state index in [1.165, 1.54) is 36.8 Å². The van der Waals surface area contributed by atoms with Crippen molar-refractivity contribution in [2.75, 3.05) is 25.9 Å². The van der Waals surface area contributed by atoms with Gasteiger partial charge in [0.2, 0.25) is 0 Å². The summed E-state index contributed by atoms with van der Waals surface area (Å²) in [5.74, 6) is 1.42. The van der Waals surface area contributed by atoms with Gasteiger partial charge in [-0.2, -0.15) is 0 Å². The van der Waals surface area contributed by atoms with E-state index < -0.39 is 0 Å². The Morgan fingerprint density at radius 3 is 2.95 bits per heavy atom. The molecule has 0 fully saturated rings. The van der Waals surface area contributed by atoms with Gasteiger partial charge in [0.05, 0.1) is 12.8 Å². The summed E-state index contributed by atoms with van der Waals surface area (Å²) in [5.41, 5.74) is 9.86. The summed E-state index contributed by atoms with van der Waals surface area (Å²) >= 11 is 0. The van der Waals surface area contributed by atoms with Gasteiger partial charge in [-0.3, -0.25) is 0 Å². The normalized spacial score (nSPS) is 17.5. The highest BCUT2D eigenvalue weighted by Crippen LogP contribution is 2.42. The molecule has 1 aromatic carbocycles. The lowest BCUT2D eigenvalue weighted by Gasteiger charge is -2.16. The number of nitrogens with one attached hydrogen (secondary N) is 1. The van der Waals surface area contributed by atoms with Gasteiger partial charge in [-0.05, 0) is 61.9 Å². The zero-order chi connectivity index (χ0) is 13.7. The first-order valence-electron chi connectivity index (χ1n) is 7.43. The van der Waals surface area contributed by atoms with Crippen molar-refractivity contribution in [3.63, 3.8) is 0 Å². The second-order valence-corrected chi connectivity index (χ2v) is 5.38. The Kier molecular flexibility index (Phi) is 5.08. The minimum absolute atomic E-state index is 0.597. The monoisotopic (exact) mass is 262 g/mol. The van der Waals surface area contributed by atoms with Crippen molar-refractivity contribution in [2.24, 2.45) is 0 Å². The topological polar surface area (TPSA) is 47.3 Å². The molecule has 0 amide bonds. The molecule has 19 heavy (non-hydrogen) atoms. The number of fused-ring (bicyclic) bond motifs is 1. The lowest BCUT2D eigenvalue weighted by Crippen LogP contribution is -2.18. The number of nitrogen functional groups attached to an aromatic ring is 1. The van der Waals surface area contributed by atoms with Crippen LogP contribution in [-0.2, 0) is 6.42 Å². The Morgan fingerprint density at radius 2 is 2.21 bits per heavy atom. The molecular weight excluding hydrogens is 236 g/mol. The van der Waals surface area contributed by atoms with Crippen molar-refractivity contribution in [3.05, 3.63) is 23.3 Å². The second kappa shape index (κ2) is 6.80. The number of anilines is 1. The smallest absolute Gasteiger partial charge is 0.142 e. The Labute approximate surface area is 116 Å². The molecule has 0 aromatic heterocycles. The second-order valence-electron chi connectivity index (χ2n) is 5.38. The van der Waals surface area contributed by atoms with E-state index in [0.717, 1.165) is 30.9 Å². The van der Waals surface area contributed by atoms with Gasteiger partial charge in [0.25, 0.3) is 0 Å². The maximum Gasteiger partial charge on any atom is 0.142 e. The maximum absolute atomic E-state index is 6.24. The van der Waals surface area contributed by atoms with Crippen LogP contribution < -0.4 is 15.8 Å². The molecule has 3 nitrogen and oxygen atoms in total. The lowest BCUT2D eigenvalue weighted by molar-refractivity contribution is 0.416. The number of hydrogen-bond acceptors (Lipinski definition) is 3. The fourth-order valence-corrected chi connectivity index (χ4v) is 3.01. The van der Waals surface area contributed by atoms with E-state index in [4.69, 9.17) is 10.5 Å². The van der Waals surface area contributed by atoms with Crippen LogP contribution in [0.1, 0.15) is 49.7 Å². The fourth-order valence-electron chi connectivity index (χ4n) is 3.01. The van der Waals surface area contributed by atoms with Gasteiger partial charge >= 0.3 is 0 Å². The number of methoxy groups -OCH3 is 1. The van der Waals surface area contributed by atoms with Crippen LogP contribution in [0, 0.1) is 0 Å². The molecule has 1 unspecified atom stereocenters. The maximum atomic E-state index is 6.24. The zero-order valence-corrected chi connectivity index (χ0v) is 12.2. The van der Waals surface area contributed by atoms with Crippen LogP contribution in [0.25, 0.3) is 0 Å². The van der Waals surface area contributed by atoms with Gasteiger partial charge in [0.15, 0.2) is 0 Å². The first-order valence-corrected chi connectivity index (χ1v) is 7.43. The van der Waals surface area contributed by atoms with Crippen molar-refractivity contribution >= 4 is 5.69 Å². The molecule has 0 radical (unpaired) electrons. The standard InChI is InChI=1S/C16H26N2O/c1-3-4-10-18-11-9-13-6-5-12-7-8-14(19-2)16(17)15(12)13/h7-8,13,18H,3-6,9-11,17H2,1-2H3. The summed E-state index contributed by atoms with van der Waals surface area (Å²) in [4.78, 5) is 0. The van der Waals surface area contributed by atoms with Crippen molar-refractivity contribution in [1.82, 2.24) is 5.32 Å². The van der Waals surface area contributed by atoms with Crippen molar-refractivity contribution in [3.8, 4) is 5.75 Å². The predicted octanol–water partition coefficient (Wildman–Crippen LogP) is 3.09. The minimum atomic E-state index is 0.597. The van der Waals surface area contributed by atoms with Crippen LogP contribution in [-0.4, -0.2) is 20.2 Å². The third-order valence-electron chi connectivity index (χ3n) is 4.10. The van der Waals surface area contributed by atoms with E-state index in [2.05, 4.69) is 18.3 Å². The van der Waals surface area contributed by atoms with Crippen LogP contribution in [0.2, 0.25) is 0 Å². The largest absolute Gasteiger partial charge is 0.495 e. The highest BCUT2D eigenvalue weighted by atomic mass is 16.5. The van der Waals surface area contributed by atoms with E-state index >= 15 is 0 Å². The van der Waals surface area contributed by atoms with Gasteiger partial charge in [-0.1, -0.05) is 19.4 Å². The number of ether oxygens (including phenoxy) is 1. The van der Waals surface area contributed by atoms with Crippen molar-refractivity contribution in [2.45, 2.75) is 44.9 Å². The molecule has 3 heteroatoms. The number of rotatable bonds is 7. The minimum Gasteiger partial charge on any atom is -0.495 e. The molecule has 0 saturated heterocycles. The highest BCUT2D eigenvalue weighted by Gasteiger charge is 2.25. The van der Waals surface area contributed by atoms with Crippen LogP contribution in [0.3, 0.4) is 0 Å². The molecule has 106 valence electrons. The molecule has 1 aliphatic rings. The van der Waals surface area contributed by atoms with Gasteiger partial charge in [-0.15, -0.1) is 0 Å². The fraction of sp³-hybridized carbons (Fsp3) is 0.625. The number of benzene rings is 1. The van der Waals surface area contributed by atoms with Gasteiger partial charge in [-0.25, -0.2) is 0 Å². The zero-order valence-electron chi connectivity index (χ0n) is 12.2. The lowest BCUT2D eigenvalue weighted by atomic mass is 9.96. The Bertz CT molecular complexity index is 417. The first kappa shape index (κ1) is 14.2. The molecule has 1 atom stereocenters. The van der Waals surface area contributed by atoms with Gasteiger partial charge in [0.1, 0.15) is 5.75 Å². The van der Waals surface area contributed by atoms with E-state index in [-0.39, 0.29) is 0 Å². The molecule has 0 saturated carbocycles. The Hall–Kier alpha value is -1.22. The summed E-state index contributed by atoms with van der Waals surface area (Å²) in [6.07, 6.45) is 6.07. The highest BCUT2D eigenvalue weighted by molar-refractivity contribution is 5.64. The van der Waals surface area contributed by atoms with E-state index in [1.807, 2.05) is 6.07 Å². The molecule has 2 rings (SSSR count). The summed E-state index contributed by atoms with van der Waals surface area (Å²) in [7, 11) is 1.69. The number of nitrogens with two attached hydrogens (primary N) is 1. The number of unbranched alkanes of at least 4 members (excludes halogenated alkanes) is 1. The summed E-state index contributed by atoms with van der Waals surface area (Å²) in [5, 5.41) is 3.52. The SMILES string of the molecule is CCCCNCCC1CCc2ccc(OC)c(N)c21. The molecule has 0 heterocycles. The average Bonchev–Trinajstić information content (AvgIpc) is 2.83. The van der Waals surface area contributed by atoms with Crippen LogP contribution >= 0.6 is 0 Å². The molecule has 0 aliphatic heterocycles. The molecular formula is C16H26N2O. The number of aryl methyl sites for hydroxylation is 1. The van der Waals surface area contributed by atoms with Crippen molar-refractivity contribution < 1.29 is 4.74 Å². The number of hydrogen-bond donors (Lipinski definition) is 2. The summed E-state index contributed by atoms with van der Waals surface area (Å²) in [6, 6.07) is 4.17. The average molecular weight is 262 g/mol. The Balaban J connectivity index is 1.96. The quantitative estimate of drug-likeness (QED) is 0.586. The van der Waals surface area contributed by atoms with Crippen LogP contribution in [0.15, 0.2) is 12.1 Å². The molecule has 0 spiro atoms. The van der Waals surface area contributed by atoms with Crippen LogP contribution in [0.5, 0.6) is 5.75 Å². The third kappa shape index (κ3) is 3.21. The van der Waals surface area contributed by atoms with E-state index in [9.17, 15) is 0 Å². The molecule has 3 N–H and O–H groups in total. The van der Waals surface area contributed by atoms with Gasteiger partial charge in [0, 0.05) is 0 Å². The molecule has 1 aliphatic carbocycles. The molecule has 0 bridgehead atoms. The Morgan fingerprint density at radius 1 is 1.37 bits per heavy atom. The van der Waals surface area contributed by atoms with E-state index in [1.54, 1.807) is 7.11 Å². The van der Waals surface area contributed by atoms with E-state index in [0.29, 0.717) is 5.92 Å². The van der Waals surface area contributed by atoms with Crippen molar-refractivity contribution in [1.29, 1.82) is 0 Å².